The van der Waals surface area contributed by atoms with Gasteiger partial charge in [0.15, 0.2) is 0 Å². The first-order chi connectivity index (χ1) is 14.0. The lowest BCUT2D eigenvalue weighted by atomic mass is 9.98. The number of likely N-dealkylation sites (tertiary alicyclic amines) is 1. The van der Waals surface area contributed by atoms with E-state index in [0.717, 1.165) is 59.5 Å². The maximum atomic E-state index is 13.0. The van der Waals surface area contributed by atoms with Gasteiger partial charge in [0.05, 0.1) is 22.7 Å². The molecule has 1 saturated heterocycles. The second-order valence-electron chi connectivity index (χ2n) is 7.63. The lowest BCUT2D eigenvalue weighted by Crippen LogP contribution is -2.36. The number of nitrogens with zero attached hydrogens (tertiary/aromatic N) is 4. The van der Waals surface area contributed by atoms with E-state index in [1.165, 1.54) is 6.42 Å². The fraction of sp³-hybridized carbons (Fsp3) is 0.348. The van der Waals surface area contributed by atoms with Gasteiger partial charge in [0.25, 0.3) is 5.91 Å². The van der Waals surface area contributed by atoms with Crippen LogP contribution in [0.5, 0.6) is 0 Å². The Morgan fingerprint density at radius 3 is 2.69 bits per heavy atom. The fourth-order valence-corrected chi connectivity index (χ4v) is 4.35. The molecule has 0 unspecified atom stereocenters. The van der Waals surface area contributed by atoms with Gasteiger partial charge in [0.2, 0.25) is 0 Å². The smallest absolute Gasteiger partial charge is 0.254 e. The number of fused-ring (bicyclic) bond motifs is 1. The van der Waals surface area contributed by atoms with Gasteiger partial charge in [0.1, 0.15) is 5.82 Å². The second-order valence-corrected chi connectivity index (χ2v) is 8.04. The van der Waals surface area contributed by atoms with Crippen molar-refractivity contribution in [3.05, 3.63) is 63.4 Å². The first-order valence-corrected chi connectivity index (χ1v) is 10.3. The van der Waals surface area contributed by atoms with Crippen molar-refractivity contribution in [2.45, 2.75) is 32.6 Å². The van der Waals surface area contributed by atoms with E-state index in [2.05, 4.69) is 6.07 Å². The van der Waals surface area contributed by atoms with E-state index in [1.807, 2.05) is 41.6 Å². The summed E-state index contributed by atoms with van der Waals surface area (Å²) in [6.07, 6.45) is 3.85. The Morgan fingerprint density at radius 2 is 1.97 bits per heavy atom. The Balaban J connectivity index is 1.70. The Kier molecular flexibility index (Phi) is 5.29. The largest absolute Gasteiger partial charge is 0.339 e. The molecule has 1 fully saturated rings. The highest BCUT2D eigenvalue weighted by atomic mass is 35.5. The quantitative estimate of drug-likeness (QED) is 0.637. The second kappa shape index (κ2) is 7.88. The molecule has 29 heavy (non-hydrogen) atoms. The molecule has 1 amide bonds. The molecule has 5 nitrogen and oxygen atoms in total. The zero-order valence-electron chi connectivity index (χ0n) is 16.7. The van der Waals surface area contributed by atoms with Gasteiger partial charge in [0, 0.05) is 37.1 Å². The molecule has 148 valence electrons. The van der Waals surface area contributed by atoms with Gasteiger partial charge < -0.3 is 9.47 Å². The van der Waals surface area contributed by atoms with Crippen LogP contribution in [0.1, 0.15) is 52.1 Å². The summed E-state index contributed by atoms with van der Waals surface area (Å²) in [4.78, 5) is 19.7. The predicted octanol–water partition coefficient (Wildman–Crippen LogP) is 4.62. The third kappa shape index (κ3) is 3.61. The number of hydrogen-bond donors (Lipinski definition) is 0. The molecule has 0 atom stereocenters. The number of benzene rings is 2. The van der Waals surface area contributed by atoms with Gasteiger partial charge in [-0.15, -0.1) is 0 Å². The van der Waals surface area contributed by atoms with Crippen LogP contribution >= 0.6 is 11.6 Å². The zero-order chi connectivity index (χ0) is 20.5. The lowest BCUT2D eigenvalue weighted by Gasteiger charge is -2.27. The van der Waals surface area contributed by atoms with Crippen LogP contribution in [0.25, 0.3) is 11.0 Å². The number of piperidine rings is 1. The topological polar surface area (TPSA) is 61.9 Å². The van der Waals surface area contributed by atoms with Crippen molar-refractivity contribution in [2.24, 2.45) is 7.05 Å². The van der Waals surface area contributed by atoms with Crippen LogP contribution < -0.4 is 0 Å². The van der Waals surface area contributed by atoms with E-state index >= 15 is 0 Å². The van der Waals surface area contributed by atoms with E-state index < -0.39 is 0 Å². The average Bonchev–Trinajstić information content (AvgIpc) is 3.06. The van der Waals surface area contributed by atoms with Crippen molar-refractivity contribution in [1.29, 1.82) is 5.26 Å². The van der Waals surface area contributed by atoms with Crippen LogP contribution in [0, 0.1) is 18.3 Å². The molecule has 0 spiro atoms. The minimum Gasteiger partial charge on any atom is -0.339 e. The molecular weight excluding hydrogens is 384 g/mol. The summed E-state index contributed by atoms with van der Waals surface area (Å²) in [6, 6.07) is 11.3. The molecule has 6 heteroatoms. The number of carbonyl (C=O) groups excluding carboxylic acids is 1. The van der Waals surface area contributed by atoms with Crippen molar-refractivity contribution >= 4 is 28.5 Å². The molecule has 4 rings (SSSR count). The summed E-state index contributed by atoms with van der Waals surface area (Å²) in [5, 5.41) is 9.77. The molecule has 0 saturated carbocycles. The lowest BCUT2D eigenvalue weighted by molar-refractivity contribution is 0.0723. The van der Waals surface area contributed by atoms with E-state index in [-0.39, 0.29) is 5.91 Å². The standard InChI is InChI=1S/C23H23ClN4O/c1-15-17(23(29)28-10-4-3-5-11-28)7-8-19(24)18(15)13-22-26-20-12-16(14-25)6-9-21(20)27(22)2/h6-9,12H,3-5,10-11,13H2,1-2H3. The summed E-state index contributed by atoms with van der Waals surface area (Å²) in [5.41, 5.74) is 4.90. The number of rotatable bonds is 3. The SMILES string of the molecule is Cc1c(C(=O)N2CCCCC2)ccc(Cl)c1Cc1nc2cc(C#N)ccc2n1C. The highest BCUT2D eigenvalue weighted by Crippen LogP contribution is 2.28. The van der Waals surface area contributed by atoms with Gasteiger partial charge in [-0.3, -0.25) is 4.79 Å². The number of aromatic nitrogens is 2. The Morgan fingerprint density at radius 1 is 1.21 bits per heavy atom. The summed E-state index contributed by atoms with van der Waals surface area (Å²) in [6.45, 7) is 3.61. The van der Waals surface area contributed by atoms with Gasteiger partial charge in [-0.1, -0.05) is 11.6 Å². The average molecular weight is 407 g/mol. The number of imidazole rings is 1. The van der Waals surface area contributed by atoms with Crippen molar-refractivity contribution < 1.29 is 4.79 Å². The molecule has 1 aliphatic rings. The zero-order valence-corrected chi connectivity index (χ0v) is 17.5. The molecule has 0 aliphatic carbocycles. The third-order valence-electron chi connectivity index (χ3n) is 5.85. The number of halogens is 1. The minimum atomic E-state index is 0.0868. The van der Waals surface area contributed by atoms with E-state index in [4.69, 9.17) is 21.8 Å². The minimum absolute atomic E-state index is 0.0868. The molecule has 3 aromatic rings. The number of aryl methyl sites for hydroxylation is 1. The van der Waals surface area contributed by atoms with Crippen LogP contribution in [-0.2, 0) is 13.5 Å². The molecular formula is C23H23ClN4O. The highest BCUT2D eigenvalue weighted by Gasteiger charge is 2.22. The number of carbonyl (C=O) groups is 1. The van der Waals surface area contributed by atoms with Crippen molar-refractivity contribution in [1.82, 2.24) is 14.5 Å². The van der Waals surface area contributed by atoms with E-state index in [1.54, 1.807) is 12.1 Å². The van der Waals surface area contributed by atoms with Crippen LogP contribution in [-0.4, -0.2) is 33.4 Å². The maximum Gasteiger partial charge on any atom is 0.254 e. The monoisotopic (exact) mass is 406 g/mol. The first-order valence-electron chi connectivity index (χ1n) is 9.92. The van der Waals surface area contributed by atoms with E-state index in [9.17, 15) is 4.79 Å². The fourth-order valence-electron chi connectivity index (χ4n) is 4.08. The van der Waals surface area contributed by atoms with Crippen LogP contribution in [0.2, 0.25) is 5.02 Å². The van der Waals surface area contributed by atoms with Crippen molar-refractivity contribution in [3.8, 4) is 6.07 Å². The Hall–Kier alpha value is -2.84. The Bertz CT molecular complexity index is 1140. The molecule has 0 radical (unpaired) electrons. The van der Waals surface area contributed by atoms with Gasteiger partial charge in [-0.2, -0.15) is 5.26 Å². The molecule has 1 aliphatic heterocycles. The van der Waals surface area contributed by atoms with Crippen LogP contribution in [0.4, 0.5) is 0 Å². The summed E-state index contributed by atoms with van der Waals surface area (Å²) >= 11 is 6.54. The molecule has 2 aromatic carbocycles. The maximum absolute atomic E-state index is 13.0. The Labute approximate surface area is 175 Å². The number of amides is 1. The predicted molar refractivity (Wildman–Crippen MR) is 114 cm³/mol. The molecule has 0 bridgehead atoms. The first kappa shape index (κ1) is 19.5. The number of hydrogen-bond acceptors (Lipinski definition) is 3. The summed E-state index contributed by atoms with van der Waals surface area (Å²) < 4.78 is 2.02. The van der Waals surface area contributed by atoms with Crippen LogP contribution in [0.3, 0.4) is 0 Å². The normalized spacial score (nSPS) is 14.2. The molecule has 1 aromatic heterocycles. The summed E-state index contributed by atoms with van der Waals surface area (Å²) in [5.74, 6) is 0.937. The van der Waals surface area contributed by atoms with Gasteiger partial charge >= 0.3 is 0 Å². The van der Waals surface area contributed by atoms with Crippen LogP contribution in [0.15, 0.2) is 30.3 Å². The van der Waals surface area contributed by atoms with Crippen molar-refractivity contribution in [3.63, 3.8) is 0 Å². The molecule has 2 heterocycles. The van der Waals surface area contributed by atoms with Crippen molar-refractivity contribution in [2.75, 3.05) is 13.1 Å². The molecule has 0 N–H and O–H groups in total. The summed E-state index contributed by atoms with van der Waals surface area (Å²) in [7, 11) is 1.96. The van der Waals surface area contributed by atoms with Gasteiger partial charge in [-0.25, -0.2) is 4.98 Å². The van der Waals surface area contributed by atoms with Gasteiger partial charge in [-0.05, 0) is 67.6 Å². The number of nitriles is 1. The van der Waals surface area contributed by atoms with E-state index in [0.29, 0.717) is 17.0 Å². The highest BCUT2D eigenvalue weighted by molar-refractivity contribution is 6.31. The third-order valence-corrected chi connectivity index (χ3v) is 6.21.